The molecule has 0 saturated carbocycles. The highest BCUT2D eigenvalue weighted by Gasteiger charge is 2.07. The van der Waals surface area contributed by atoms with Crippen molar-refractivity contribution in [3.8, 4) is 0 Å². The van der Waals surface area contributed by atoms with Crippen LogP contribution in [0.2, 0.25) is 10.0 Å². The number of hydrogen-bond acceptors (Lipinski definition) is 1. The lowest BCUT2D eigenvalue weighted by atomic mass is 9.99. The zero-order valence-electron chi connectivity index (χ0n) is 13.6. The first-order valence-corrected chi connectivity index (χ1v) is 8.80. The van der Waals surface area contributed by atoms with Crippen LogP contribution in [0.5, 0.6) is 0 Å². The summed E-state index contributed by atoms with van der Waals surface area (Å²) in [4.78, 5) is 4.77. The van der Waals surface area contributed by atoms with Gasteiger partial charge < -0.3 is 0 Å². The van der Waals surface area contributed by atoms with Crippen LogP contribution in [-0.2, 0) is 19.3 Å². The van der Waals surface area contributed by atoms with Crippen molar-refractivity contribution in [2.75, 3.05) is 0 Å². The van der Waals surface area contributed by atoms with Crippen LogP contribution < -0.4 is 0 Å². The Morgan fingerprint density at radius 3 is 1.92 bits per heavy atom. The molecule has 0 aliphatic rings. The van der Waals surface area contributed by atoms with E-state index in [1.807, 2.05) is 31.2 Å². The third-order valence-electron chi connectivity index (χ3n) is 4.08. The fourth-order valence-electron chi connectivity index (χ4n) is 2.75. The van der Waals surface area contributed by atoms with Crippen LogP contribution in [0.25, 0.3) is 0 Å². The van der Waals surface area contributed by atoms with Crippen LogP contribution in [0.1, 0.15) is 28.1 Å². The molecule has 0 N–H and O–H groups in total. The van der Waals surface area contributed by atoms with Gasteiger partial charge in [-0.3, -0.25) is 4.98 Å². The molecule has 0 radical (unpaired) electrons. The molecule has 0 aliphatic heterocycles. The van der Waals surface area contributed by atoms with Crippen molar-refractivity contribution in [1.29, 1.82) is 0 Å². The predicted octanol–water partition coefficient (Wildman–Crippen LogP) is 6.07. The van der Waals surface area contributed by atoms with Crippen LogP contribution in [0, 0.1) is 6.92 Å². The molecule has 3 heteroatoms. The van der Waals surface area contributed by atoms with E-state index in [2.05, 4.69) is 36.4 Å². The maximum absolute atomic E-state index is 5.97. The zero-order valence-corrected chi connectivity index (χ0v) is 15.1. The molecule has 0 amide bonds. The van der Waals surface area contributed by atoms with E-state index in [0.29, 0.717) is 0 Å². The summed E-state index contributed by atoms with van der Waals surface area (Å²) >= 11 is 11.9. The van der Waals surface area contributed by atoms with Gasteiger partial charge in [-0.15, -0.1) is 0 Å². The summed E-state index contributed by atoms with van der Waals surface area (Å²) in [5.41, 5.74) is 6.02. The van der Waals surface area contributed by atoms with Crippen LogP contribution >= 0.6 is 23.2 Å². The minimum absolute atomic E-state index is 0.767. The number of rotatable bonds is 5. The van der Waals surface area contributed by atoms with Crippen LogP contribution in [0.3, 0.4) is 0 Å². The minimum Gasteiger partial charge on any atom is -0.258 e. The highest BCUT2D eigenvalue weighted by Crippen LogP contribution is 2.18. The fraction of sp³-hybridized carbons (Fsp3) is 0.190. The number of halogens is 2. The van der Waals surface area contributed by atoms with E-state index in [4.69, 9.17) is 28.2 Å². The lowest BCUT2D eigenvalue weighted by Gasteiger charge is -2.10. The second-order valence-corrected chi connectivity index (χ2v) is 6.86. The van der Waals surface area contributed by atoms with Crippen LogP contribution in [0.15, 0.2) is 60.7 Å². The number of aromatic nitrogens is 1. The maximum Gasteiger partial charge on any atom is 0.0445 e. The molecule has 1 nitrogen and oxygen atoms in total. The van der Waals surface area contributed by atoms with Gasteiger partial charge in [0.15, 0.2) is 0 Å². The van der Waals surface area contributed by atoms with E-state index >= 15 is 0 Å². The molecule has 2 aromatic carbocycles. The van der Waals surface area contributed by atoms with Gasteiger partial charge in [-0.05, 0) is 73.2 Å². The van der Waals surface area contributed by atoms with Crippen LogP contribution in [-0.4, -0.2) is 4.98 Å². The van der Waals surface area contributed by atoms with Gasteiger partial charge in [0.1, 0.15) is 0 Å². The maximum atomic E-state index is 5.97. The molecule has 1 heterocycles. The van der Waals surface area contributed by atoms with Crippen molar-refractivity contribution < 1.29 is 0 Å². The third-order valence-corrected chi connectivity index (χ3v) is 4.58. The normalized spacial score (nSPS) is 10.8. The topological polar surface area (TPSA) is 12.9 Å². The summed E-state index contributed by atoms with van der Waals surface area (Å²) in [6.07, 6.45) is 2.76. The second kappa shape index (κ2) is 7.83. The Morgan fingerprint density at radius 1 is 0.708 bits per heavy atom. The van der Waals surface area contributed by atoms with Gasteiger partial charge in [0.2, 0.25) is 0 Å². The smallest absolute Gasteiger partial charge is 0.0445 e. The van der Waals surface area contributed by atoms with Gasteiger partial charge in [-0.1, -0.05) is 53.5 Å². The van der Waals surface area contributed by atoms with Crippen molar-refractivity contribution in [1.82, 2.24) is 4.98 Å². The summed E-state index contributed by atoms with van der Waals surface area (Å²) < 4.78 is 0. The van der Waals surface area contributed by atoms with Crippen molar-refractivity contribution in [2.24, 2.45) is 0 Å². The van der Waals surface area contributed by atoms with E-state index in [-0.39, 0.29) is 0 Å². The molecule has 0 bridgehead atoms. The Bertz CT molecular complexity index is 808. The number of aryl methyl sites for hydroxylation is 3. The van der Waals surface area contributed by atoms with E-state index < -0.39 is 0 Å². The lowest BCUT2D eigenvalue weighted by molar-refractivity contribution is 0.877. The predicted molar refractivity (Wildman–Crippen MR) is 102 cm³/mol. The molecule has 1 aromatic heterocycles. The summed E-state index contributed by atoms with van der Waals surface area (Å²) in [7, 11) is 0. The highest BCUT2D eigenvalue weighted by atomic mass is 35.5. The molecule has 0 aliphatic carbocycles. The molecule has 0 saturated heterocycles. The summed E-state index contributed by atoms with van der Waals surface area (Å²) in [5, 5.41) is 1.54. The Hall–Kier alpha value is -1.83. The minimum atomic E-state index is 0.767. The Balaban J connectivity index is 1.77. The SMILES string of the molecule is Cc1ccc(Cc2ccc(Cl)cc2)c(CCc2ccc(Cl)cc2)n1. The lowest BCUT2D eigenvalue weighted by Crippen LogP contribution is -2.03. The monoisotopic (exact) mass is 355 g/mol. The molecular formula is C21H19Cl2N. The molecule has 0 atom stereocenters. The first kappa shape index (κ1) is 17.0. The first-order valence-electron chi connectivity index (χ1n) is 8.04. The Kier molecular flexibility index (Phi) is 5.55. The van der Waals surface area contributed by atoms with Crippen LogP contribution in [0.4, 0.5) is 0 Å². The molecule has 3 rings (SSSR count). The molecule has 3 aromatic rings. The number of nitrogens with zero attached hydrogens (tertiary/aromatic N) is 1. The summed E-state index contributed by atoms with van der Waals surface area (Å²) in [5.74, 6) is 0. The largest absolute Gasteiger partial charge is 0.258 e. The van der Waals surface area contributed by atoms with Gasteiger partial charge >= 0.3 is 0 Å². The van der Waals surface area contributed by atoms with Crippen molar-refractivity contribution in [3.05, 3.63) is 98.8 Å². The van der Waals surface area contributed by atoms with E-state index in [0.717, 1.165) is 35.0 Å². The van der Waals surface area contributed by atoms with Crippen molar-refractivity contribution >= 4 is 23.2 Å². The molecule has 122 valence electrons. The van der Waals surface area contributed by atoms with E-state index in [1.165, 1.54) is 22.4 Å². The average molecular weight is 356 g/mol. The molecular weight excluding hydrogens is 337 g/mol. The van der Waals surface area contributed by atoms with Gasteiger partial charge in [0, 0.05) is 21.4 Å². The summed E-state index contributed by atoms with van der Waals surface area (Å²) in [6, 6.07) is 20.3. The summed E-state index contributed by atoms with van der Waals surface area (Å²) in [6.45, 7) is 2.04. The van der Waals surface area contributed by atoms with Gasteiger partial charge in [-0.25, -0.2) is 0 Å². The van der Waals surface area contributed by atoms with E-state index in [1.54, 1.807) is 0 Å². The van der Waals surface area contributed by atoms with Gasteiger partial charge in [0.05, 0.1) is 0 Å². The van der Waals surface area contributed by atoms with Gasteiger partial charge in [-0.2, -0.15) is 0 Å². The number of hydrogen-bond donors (Lipinski definition) is 0. The second-order valence-electron chi connectivity index (χ2n) is 5.99. The Morgan fingerprint density at radius 2 is 1.29 bits per heavy atom. The van der Waals surface area contributed by atoms with Crippen molar-refractivity contribution in [3.63, 3.8) is 0 Å². The quantitative estimate of drug-likeness (QED) is 0.540. The zero-order chi connectivity index (χ0) is 16.9. The molecule has 0 unspecified atom stereocenters. The third kappa shape index (κ3) is 4.59. The Labute approximate surface area is 153 Å². The van der Waals surface area contributed by atoms with E-state index in [9.17, 15) is 0 Å². The number of pyridine rings is 1. The standard InChI is InChI=1S/C21H19Cl2N/c1-15-2-8-18(14-17-5-11-20(23)12-6-17)21(24-15)13-7-16-3-9-19(22)10-4-16/h2-6,8-12H,7,13-14H2,1H3. The highest BCUT2D eigenvalue weighted by molar-refractivity contribution is 6.30. The number of benzene rings is 2. The van der Waals surface area contributed by atoms with Gasteiger partial charge in [0.25, 0.3) is 0 Å². The molecule has 0 spiro atoms. The molecule has 24 heavy (non-hydrogen) atoms. The average Bonchev–Trinajstić information content (AvgIpc) is 2.58. The molecule has 0 fully saturated rings. The fourth-order valence-corrected chi connectivity index (χ4v) is 3.00. The van der Waals surface area contributed by atoms with Crippen molar-refractivity contribution in [2.45, 2.75) is 26.2 Å². The first-order chi connectivity index (χ1) is 11.6.